The molecule has 0 radical (unpaired) electrons. The lowest BCUT2D eigenvalue weighted by molar-refractivity contribution is 0.104. The SMILES string of the molecule is O=C(/C=C/c1cn(S(=O)(=O)c2cccnc2)c2ccc(N3CCOCC3)cc12)c1cccnc1. The van der Waals surface area contributed by atoms with E-state index < -0.39 is 10.0 Å². The van der Waals surface area contributed by atoms with Gasteiger partial charge in [0.1, 0.15) is 4.90 Å². The monoisotopic (exact) mass is 474 g/mol. The highest BCUT2D eigenvalue weighted by atomic mass is 32.2. The third-order valence-electron chi connectivity index (χ3n) is 5.71. The summed E-state index contributed by atoms with van der Waals surface area (Å²) in [5.41, 5.74) is 2.57. The van der Waals surface area contributed by atoms with E-state index in [9.17, 15) is 13.2 Å². The van der Waals surface area contributed by atoms with Crippen LogP contribution in [0.2, 0.25) is 0 Å². The number of carbonyl (C=O) groups is 1. The molecular formula is C25H22N4O4S. The number of ketones is 1. The maximum atomic E-state index is 13.4. The van der Waals surface area contributed by atoms with Crippen LogP contribution >= 0.6 is 0 Å². The number of carbonyl (C=O) groups excluding carboxylic acids is 1. The molecule has 1 fully saturated rings. The van der Waals surface area contributed by atoms with Gasteiger partial charge in [0.2, 0.25) is 0 Å². The molecule has 0 atom stereocenters. The quantitative estimate of drug-likeness (QED) is 0.312. The zero-order valence-electron chi connectivity index (χ0n) is 18.2. The maximum absolute atomic E-state index is 13.4. The van der Waals surface area contributed by atoms with Crippen molar-refractivity contribution in [3.63, 3.8) is 0 Å². The fourth-order valence-electron chi connectivity index (χ4n) is 3.95. The van der Waals surface area contributed by atoms with Gasteiger partial charge < -0.3 is 9.64 Å². The molecule has 9 heteroatoms. The highest BCUT2D eigenvalue weighted by Crippen LogP contribution is 2.31. The van der Waals surface area contributed by atoms with E-state index in [1.54, 1.807) is 42.7 Å². The van der Waals surface area contributed by atoms with Gasteiger partial charge in [-0.2, -0.15) is 0 Å². The van der Waals surface area contributed by atoms with Crippen molar-refractivity contribution >= 4 is 38.5 Å². The Morgan fingerprint density at radius 2 is 1.76 bits per heavy atom. The lowest BCUT2D eigenvalue weighted by Gasteiger charge is -2.29. The van der Waals surface area contributed by atoms with Gasteiger partial charge in [-0.05, 0) is 54.6 Å². The number of fused-ring (bicyclic) bond motifs is 1. The number of morpholine rings is 1. The minimum atomic E-state index is -3.88. The van der Waals surface area contributed by atoms with Crippen LogP contribution in [0, 0.1) is 0 Å². The van der Waals surface area contributed by atoms with Crippen LogP contribution in [-0.2, 0) is 14.8 Å². The number of hydrogen-bond donors (Lipinski definition) is 0. The van der Waals surface area contributed by atoms with Crippen LogP contribution in [-0.4, -0.2) is 54.4 Å². The van der Waals surface area contributed by atoms with Gasteiger partial charge in [0, 0.05) is 66.3 Å². The second-order valence-corrected chi connectivity index (χ2v) is 9.63. The predicted molar refractivity (Wildman–Crippen MR) is 129 cm³/mol. The summed E-state index contributed by atoms with van der Waals surface area (Å²) in [7, 11) is -3.88. The number of rotatable bonds is 6. The third-order valence-corrected chi connectivity index (χ3v) is 7.37. The lowest BCUT2D eigenvalue weighted by atomic mass is 10.1. The highest BCUT2D eigenvalue weighted by Gasteiger charge is 2.22. The summed E-state index contributed by atoms with van der Waals surface area (Å²) in [6.45, 7) is 2.79. The molecule has 172 valence electrons. The van der Waals surface area contributed by atoms with Gasteiger partial charge >= 0.3 is 0 Å². The molecule has 0 amide bonds. The molecule has 1 aromatic carbocycles. The Bertz CT molecular complexity index is 1460. The molecule has 4 heterocycles. The molecule has 0 spiro atoms. The van der Waals surface area contributed by atoms with Gasteiger partial charge in [0.05, 0.1) is 18.7 Å². The average Bonchev–Trinajstić information content (AvgIpc) is 3.27. The smallest absolute Gasteiger partial charge is 0.269 e. The molecule has 34 heavy (non-hydrogen) atoms. The first kappa shape index (κ1) is 22.0. The van der Waals surface area contributed by atoms with Crippen molar-refractivity contribution in [1.29, 1.82) is 0 Å². The van der Waals surface area contributed by atoms with Crippen LogP contribution in [0.1, 0.15) is 15.9 Å². The largest absolute Gasteiger partial charge is 0.378 e. The predicted octanol–water partition coefficient (Wildman–Crippen LogP) is 3.40. The van der Waals surface area contributed by atoms with Gasteiger partial charge in [0.25, 0.3) is 10.0 Å². The minimum absolute atomic E-state index is 0.0890. The second-order valence-electron chi connectivity index (χ2n) is 7.81. The van der Waals surface area contributed by atoms with Crippen molar-refractivity contribution in [3.05, 3.63) is 90.7 Å². The van der Waals surface area contributed by atoms with Crippen molar-refractivity contribution in [3.8, 4) is 0 Å². The number of benzene rings is 1. The number of allylic oxidation sites excluding steroid dienone is 1. The van der Waals surface area contributed by atoms with E-state index in [0.717, 1.165) is 24.2 Å². The number of ether oxygens (including phenoxy) is 1. The normalized spacial score (nSPS) is 14.6. The van der Waals surface area contributed by atoms with E-state index >= 15 is 0 Å². The topological polar surface area (TPSA) is 94.4 Å². The molecule has 5 rings (SSSR count). The molecular weight excluding hydrogens is 452 g/mol. The Hall–Kier alpha value is -3.82. The Kier molecular flexibility index (Phi) is 5.95. The number of anilines is 1. The van der Waals surface area contributed by atoms with Gasteiger partial charge in [-0.25, -0.2) is 12.4 Å². The van der Waals surface area contributed by atoms with Gasteiger partial charge in [-0.1, -0.05) is 0 Å². The zero-order chi connectivity index (χ0) is 23.5. The summed E-state index contributed by atoms with van der Waals surface area (Å²) in [5, 5.41) is 0.728. The van der Waals surface area contributed by atoms with E-state index in [2.05, 4.69) is 14.9 Å². The first-order valence-corrected chi connectivity index (χ1v) is 12.2. The Morgan fingerprint density at radius 1 is 1.00 bits per heavy atom. The number of nitrogens with zero attached hydrogens (tertiary/aromatic N) is 4. The van der Waals surface area contributed by atoms with Crippen LogP contribution in [0.4, 0.5) is 5.69 Å². The van der Waals surface area contributed by atoms with Crippen molar-refractivity contribution in [2.24, 2.45) is 0 Å². The van der Waals surface area contributed by atoms with Crippen molar-refractivity contribution in [1.82, 2.24) is 13.9 Å². The first-order chi connectivity index (χ1) is 16.5. The van der Waals surface area contributed by atoms with Crippen molar-refractivity contribution in [2.75, 3.05) is 31.2 Å². The van der Waals surface area contributed by atoms with Crippen LogP contribution < -0.4 is 4.90 Å². The van der Waals surface area contributed by atoms with E-state index in [-0.39, 0.29) is 10.7 Å². The summed E-state index contributed by atoms with van der Waals surface area (Å²) >= 11 is 0. The van der Waals surface area contributed by atoms with Crippen LogP contribution in [0.15, 0.2) is 84.4 Å². The van der Waals surface area contributed by atoms with E-state index in [1.807, 2.05) is 12.1 Å². The summed E-state index contributed by atoms with van der Waals surface area (Å²) in [5.74, 6) is -0.214. The van der Waals surface area contributed by atoms with Crippen LogP contribution in [0.25, 0.3) is 17.0 Å². The van der Waals surface area contributed by atoms with E-state index in [1.165, 1.54) is 34.7 Å². The Labute approximate surface area is 197 Å². The molecule has 0 saturated carbocycles. The molecule has 1 saturated heterocycles. The summed E-state index contributed by atoms with van der Waals surface area (Å²) in [6.07, 6.45) is 10.6. The molecule has 0 aliphatic carbocycles. The molecule has 1 aliphatic rings. The Morgan fingerprint density at radius 3 is 2.47 bits per heavy atom. The van der Waals surface area contributed by atoms with E-state index in [4.69, 9.17) is 4.74 Å². The molecule has 0 bridgehead atoms. The fraction of sp³-hybridized carbons (Fsp3) is 0.160. The Balaban J connectivity index is 1.62. The number of hydrogen-bond acceptors (Lipinski definition) is 7. The maximum Gasteiger partial charge on any atom is 0.269 e. The van der Waals surface area contributed by atoms with Crippen LogP contribution in [0.5, 0.6) is 0 Å². The van der Waals surface area contributed by atoms with Crippen molar-refractivity contribution in [2.45, 2.75) is 4.90 Å². The average molecular weight is 475 g/mol. The molecule has 0 unspecified atom stereocenters. The molecule has 3 aromatic heterocycles. The highest BCUT2D eigenvalue weighted by molar-refractivity contribution is 7.90. The molecule has 4 aromatic rings. The standard InChI is InChI=1S/C25H22N4O4S/c30-25(19-3-1-9-26-16-19)8-5-20-18-29(34(31,32)22-4-2-10-27-17-22)24-7-6-21(15-23(20)24)28-11-13-33-14-12-28/h1-10,15-18H,11-14H2/b8-5+. The second kappa shape index (κ2) is 9.20. The van der Waals surface area contributed by atoms with Crippen LogP contribution in [0.3, 0.4) is 0 Å². The summed E-state index contributed by atoms with van der Waals surface area (Å²) in [4.78, 5) is 22.8. The van der Waals surface area contributed by atoms with Gasteiger partial charge in [-0.3, -0.25) is 14.8 Å². The minimum Gasteiger partial charge on any atom is -0.378 e. The molecule has 0 N–H and O–H groups in total. The third kappa shape index (κ3) is 4.23. The van der Waals surface area contributed by atoms with E-state index in [0.29, 0.717) is 29.9 Å². The summed E-state index contributed by atoms with van der Waals surface area (Å²) < 4.78 is 33.5. The lowest BCUT2D eigenvalue weighted by Crippen LogP contribution is -2.36. The molecule has 8 nitrogen and oxygen atoms in total. The zero-order valence-corrected chi connectivity index (χ0v) is 19.1. The molecule has 1 aliphatic heterocycles. The van der Waals surface area contributed by atoms with Crippen molar-refractivity contribution < 1.29 is 17.9 Å². The summed E-state index contributed by atoms with van der Waals surface area (Å²) in [6, 6.07) is 12.2. The fourth-order valence-corrected chi connectivity index (χ4v) is 5.29. The first-order valence-electron chi connectivity index (χ1n) is 10.8. The number of aromatic nitrogens is 3. The number of pyridine rings is 2. The van der Waals surface area contributed by atoms with Gasteiger partial charge in [-0.15, -0.1) is 0 Å². The van der Waals surface area contributed by atoms with Gasteiger partial charge in [0.15, 0.2) is 5.78 Å².